The van der Waals surface area contributed by atoms with Crippen LogP contribution in [0.1, 0.15) is 408 Å². The molecule has 3 N–H and O–H groups in total. The predicted molar refractivity (Wildman–Crippen MR) is 400 cm³/mol. The molecule has 19 heteroatoms. The van der Waals surface area contributed by atoms with E-state index in [2.05, 4.69) is 48.5 Å². The van der Waals surface area contributed by atoms with Crippen LogP contribution in [0.2, 0.25) is 0 Å². The van der Waals surface area contributed by atoms with Gasteiger partial charge in [-0.05, 0) is 43.4 Å². The Hall–Kier alpha value is -1.94. The summed E-state index contributed by atoms with van der Waals surface area (Å²) < 4.78 is 68.6. The van der Waals surface area contributed by atoms with Crippen LogP contribution in [-0.4, -0.2) is 96.7 Å². The van der Waals surface area contributed by atoms with Gasteiger partial charge in [0.2, 0.25) is 0 Å². The molecule has 0 amide bonds. The highest BCUT2D eigenvalue weighted by molar-refractivity contribution is 7.47. The number of phosphoric ester groups is 2. The van der Waals surface area contributed by atoms with Crippen molar-refractivity contribution >= 4 is 39.5 Å². The quantitative estimate of drug-likeness (QED) is 0.0222. The Balaban J connectivity index is 5.21. The molecule has 0 saturated heterocycles. The van der Waals surface area contributed by atoms with E-state index in [4.69, 9.17) is 37.0 Å². The number of hydrogen-bond donors (Lipinski definition) is 3. The van der Waals surface area contributed by atoms with Crippen LogP contribution >= 0.6 is 15.6 Å². The summed E-state index contributed by atoms with van der Waals surface area (Å²) in [6.45, 7) is 11.9. The van der Waals surface area contributed by atoms with E-state index in [1.165, 1.54) is 212 Å². The van der Waals surface area contributed by atoms with E-state index in [9.17, 15) is 43.2 Å². The van der Waals surface area contributed by atoms with Gasteiger partial charge in [0.25, 0.3) is 0 Å². The standard InChI is InChI=1S/C79H154O17P2/c1-8-11-12-13-14-15-16-17-18-19-20-21-22-23-28-31-34-39-48-55-62-78(83)95-74(66-89-76(81)60-53-46-38-33-30-27-25-24-26-29-32-37-44-51-58-71(6)9-2)68-93-97(85,86)91-64-73(80)65-92-98(87,88)94-69-75(96-79(84)63-56-49-40-35-36-43-50-57-70(4)5)67-90-77(82)61-54-47-42-41-45-52-59-72(7)10-3/h70-75,80H,8-69H2,1-7H3,(H,85,86)(H,87,88)/t71?,72?,73-,74-,75-/m1/s1. The third-order valence-corrected chi connectivity index (χ3v) is 21.0. The van der Waals surface area contributed by atoms with E-state index >= 15 is 0 Å². The number of carbonyl (C=O) groups is 4. The number of ether oxygens (including phenoxy) is 4. The van der Waals surface area contributed by atoms with Gasteiger partial charge in [0.05, 0.1) is 26.4 Å². The van der Waals surface area contributed by atoms with Gasteiger partial charge in [0.1, 0.15) is 19.3 Å². The number of esters is 4. The third kappa shape index (κ3) is 69.8. The average molecular weight is 1440 g/mol. The van der Waals surface area contributed by atoms with E-state index in [0.29, 0.717) is 31.6 Å². The minimum absolute atomic E-state index is 0.103. The summed E-state index contributed by atoms with van der Waals surface area (Å²) in [5.74, 6) is 0.158. The fourth-order valence-electron chi connectivity index (χ4n) is 12.1. The fourth-order valence-corrected chi connectivity index (χ4v) is 13.6. The molecule has 0 aromatic carbocycles. The zero-order valence-corrected chi connectivity index (χ0v) is 66.0. The maximum absolute atomic E-state index is 13.1. The maximum atomic E-state index is 13.1. The Kier molecular flexibility index (Phi) is 68.1. The first-order valence-corrected chi connectivity index (χ1v) is 43.9. The van der Waals surface area contributed by atoms with Crippen LogP contribution < -0.4 is 0 Å². The lowest BCUT2D eigenvalue weighted by Gasteiger charge is -2.21. The smallest absolute Gasteiger partial charge is 0.462 e. The predicted octanol–water partition coefficient (Wildman–Crippen LogP) is 23.4. The topological polar surface area (TPSA) is 237 Å². The second-order valence-corrected chi connectivity index (χ2v) is 32.3. The lowest BCUT2D eigenvalue weighted by atomic mass is 9.99. The van der Waals surface area contributed by atoms with Crippen LogP contribution in [0.15, 0.2) is 0 Å². The summed E-state index contributed by atoms with van der Waals surface area (Å²) >= 11 is 0. The van der Waals surface area contributed by atoms with Crippen molar-refractivity contribution in [1.29, 1.82) is 0 Å². The summed E-state index contributed by atoms with van der Waals surface area (Å²) in [4.78, 5) is 72.9. The Bertz CT molecular complexity index is 1910. The van der Waals surface area contributed by atoms with Crippen LogP contribution in [0.5, 0.6) is 0 Å². The SMILES string of the molecule is CCCCCCCCCCCCCCCCCCCCCCC(=O)O[C@H](COC(=O)CCCCCCCCCCCCCCCCC(C)CC)COP(=O)(O)OC[C@@H](O)COP(=O)(O)OC[C@@H](COC(=O)CCCCCCCCC(C)CC)OC(=O)CCCCCCCCCC(C)C. The Labute approximate surface area is 600 Å². The van der Waals surface area contributed by atoms with E-state index in [1.807, 2.05) is 0 Å². The molecular formula is C79H154O17P2. The van der Waals surface area contributed by atoms with Crippen molar-refractivity contribution in [3.8, 4) is 0 Å². The number of phosphoric acid groups is 2. The molecule has 0 aliphatic carbocycles. The van der Waals surface area contributed by atoms with Crippen LogP contribution in [0.4, 0.5) is 0 Å². The van der Waals surface area contributed by atoms with Crippen molar-refractivity contribution in [1.82, 2.24) is 0 Å². The van der Waals surface area contributed by atoms with Gasteiger partial charge in [0.15, 0.2) is 12.2 Å². The van der Waals surface area contributed by atoms with Crippen LogP contribution in [0.25, 0.3) is 0 Å². The van der Waals surface area contributed by atoms with Gasteiger partial charge in [0, 0.05) is 25.7 Å². The second-order valence-electron chi connectivity index (χ2n) is 29.4. The molecule has 0 bridgehead atoms. The molecule has 0 radical (unpaired) electrons. The van der Waals surface area contributed by atoms with E-state index in [0.717, 1.165) is 108 Å². The first-order chi connectivity index (χ1) is 47.3. The van der Waals surface area contributed by atoms with Gasteiger partial charge < -0.3 is 33.8 Å². The molecule has 0 aromatic heterocycles. The highest BCUT2D eigenvalue weighted by Crippen LogP contribution is 2.45. The molecule has 0 heterocycles. The maximum Gasteiger partial charge on any atom is 0.472 e. The second kappa shape index (κ2) is 69.4. The first kappa shape index (κ1) is 96.1. The minimum Gasteiger partial charge on any atom is -0.462 e. The van der Waals surface area contributed by atoms with E-state index in [1.54, 1.807) is 0 Å². The van der Waals surface area contributed by atoms with Gasteiger partial charge in [-0.2, -0.15) is 0 Å². The number of rotatable bonds is 77. The monoisotopic (exact) mass is 1440 g/mol. The molecule has 4 unspecified atom stereocenters. The number of hydrogen-bond acceptors (Lipinski definition) is 15. The van der Waals surface area contributed by atoms with Crippen LogP contribution in [0, 0.1) is 17.8 Å². The minimum atomic E-state index is -4.96. The summed E-state index contributed by atoms with van der Waals surface area (Å²) in [5.41, 5.74) is 0. The first-order valence-electron chi connectivity index (χ1n) is 40.9. The van der Waals surface area contributed by atoms with Gasteiger partial charge in [-0.25, -0.2) is 9.13 Å². The lowest BCUT2D eigenvalue weighted by molar-refractivity contribution is -0.161. The highest BCUT2D eigenvalue weighted by atomic mass is 31.2. The average Bonchev–Trinajstić information content (AvgIpc) is 1.14. The zero-order valence-electron chi connectivity index (χ0n) is 64.3. The largest absolute Gasteiger partial charge is 0.472 e. The Morgan fingerprint density at radius 1 is 0.296 bits per heavy atom. The summed E-state index contributed by atoms with van der Waals surface area (Å²) in [6.07, 6.45) is 57.1. The van der Waals surface area contributed by atoms with Crippen molar-refractivity contribution in [3.63, 3.8) is 0 Å². The number of carbonyl (C=O) groups excluding carboxylic acids is 4. The number of aliphatic hydroxyl groups excluding tert-OH is 1. The molecule has 0 saturated carbocycles. The molecule has 17 nitrogen and oxygen atoms in total. The Morgan fingerprint density at radius 2 is 0.520 bits per heavy atom. The van der Waals surface area contributed by atoms with E-state index < -0.39 is 97.5 Å². The molecule has 0 rings (SSSR count). The zero-order chi connectivity index (χ0) is 72.3. The van der Waals surface area contributed by atoms with Gasteiger partial charge in [-0.15, -0.1) is 0 Å². The van der Waals surface area contributed by atoms with Crippen molar-refractivity contribution in [2.75, 3.05) is 39.6 Å². The molecule has 0 fully saturated rings. The van der Waals surface area contributed by atoms with Crippen molar-refractivity contribution in [3.05, 3.63) is 0 Å². The molecule has 582 valence electrons. The van der Waals surface area contributed by atoms with Crippen molar-refractivity contribution < 1.29 is 80.2 Å². The molecule has 0 aromatic rings. The lowest BCUT2D eigenvalue weighted by Crippen LogP contribution is -2.30. The van der Waals surface area contributed by atoms with Crippen molar-refractivity contribution in [2.45, 2.75) is 426 Å². The third-order valence-electron chi connectivity index (χ3n) is 19.1. The summed E-state index contributed by atoms with van der Waals surface area (Å²) in [5, 5.41) is 10.6. The number of aliphatic hydroxyl groups is 1. The molecule has 7 atom stereocenters. The van der Waals surface area contributed by atoms with Gasteiger partial charge in [-0.3, -0.25) is 37.3 Å². The van der Waals surface area contributed by atoms with Gasteiger partial charge >= 0.3 is 39.5 Å². The van der Waals surface area contributed by atoms with Crippen LogP contribution in [0.3, 0.4) is 0 Å². The van der Waals surface area contributed by atoms with Gasteiger partial charge in [-0.1, -0.05) is 357 Å². The van der Waals surface area contributed by atoms with Crippen LogP contribution in [-0.2, 0) is 65.4 Å². The molecule has 0 spiro atoms. The summed E-state index contributed by atoms with van der Waals surface area (Å²) in [6, 6.07) is 0. The van der Waals surface area contributed by atoms with E-state index in [-0.39, 0.29) is 25.7 Å². The molecule has 98 heavy (non-hydrogen) atoms. The molecule has 0 aliphatic heterocycles. The fraction of sp³-hybridized carbons (Fsp3) is 0.949. The summed E-state index contributed by atoms with van der Waals surface area (Å²) in [7, 11) is -9.92. The molecule has 0 aliphatic rings. The Morgan fingerprint density at radius 3 is 0.776 bits per heavy atom. The normalized spacial score (nSPS) is 14.6. The highest BCUT2D eigenvalue weighted by Gasteiger charge is 2.30. The van der Waals surface area contributed by atoms with Crippen molar-refractivity contribution in [2.24, 2.45) is 17.8 Å². The molecular weight excluding hydrogens is 1280 g/mol. The number of unbranched alkanes of at least 4 members (excludes halogenated alkanes) is 43.